The molecule has 0 spiro atoms. The zero-order valence-electron chi connectivity index (χ0n) is 13.6. The Labute approximate surface area is 154 Å². The molecule has 0 atom stereocenters. The summed E-state index contributed by atoms with van der Waals surface area (Å²) in [6, 6.07) is 0. The van der Waals surface area contributed by atoms with Gasteiger partial charge < -0.3 is 4.74 Å². The SMILES string of the molecule is C=CCOc1c(F)c(F)c(C(F)=C(F)C(F)=C(F)F)c2c(F)c(F)c(F)c(F)c12. The van der Waals surface area contributed by atoms with E-state index in [-0.39, 0.29) is 0 Å². The van der Waals surface area contributed by atoms with Crippen LogP contribution < -0.4 is 4.74 Å². The third kappa shape index (κ3) is 3.54. The van der Waals surface area contributed by atoms with Gasteiger partial charge in [-0.25, -0.2) is 30.7 Å². The summed E-state index contributed by atoms with van der Waals surface area (Å²) in [5.74, 6) is -26.0. The molecule has 2 aromatic carbocycles. The zero-order valence-corrected chi connectivity index (χ0v) is 13.6. The van der Waals surface area contributed by atoms with Crippen LogP contribution in [0.2, 0.25) is 0 Å². The van der Waals surface area contributed by atoms with Gasteiger partial charge in [0.2, 0.25) is 17.5 Å². The number of rotatable bonds is 5. The van der Waals surface area contributed by atoms with E-state index in [1.165, 1.54) is 0 Å². The van der Waals surface area contributed by atoms with E-state index in [4.69, 9.17) is 0 Å². The van der Waals surface area contributed by atoms with E-state index in [2.05, 4.69) is 11.3 Å². The zero-order chi connectivity index (χ0) is 22.2. The second-order valence-corrected chi connectivity index (χ2v) is 5.14. The maximum Gasteiger partial charge on any atom is 0.308 e. The van der Waals surface area contributed by atoms with Crippen LogP contribution in [0.5, 0.6) is 5.75 Å². The molecular formula is C17H5F11O. The van der Waals surface area contributed by atoms with Crippen LogP contribution in [0.4, 0.5) is 48.3 Å². The lowest BCUT2D eigenvalue weighted by Crippen LogP contribution is -2.08. The van der Waals surface area contributed by atoms with Gasteiger partial charge in [0.25, 0.3) is 0 Å². The molecule has 0 heterocycles. The summed E-state index contributed by atoms with van der Waals surface area (Å²) in [6.07, 6.45) is -2.55. The summed E-state index contributed by atoms with van der Waals surface area (Å²) in [5.41, 5.74) is -2.31. The maximum atomic E-state index is 14.3. The van der Waals surface area contributed by atoms with E-state index in [0.29, 0.717) is 0 Å². The van der Waals surface area contributed by atoms with E-state index in [1.54, 1.807) is 0 Å². The predicted octanol–water partition coefficient (Wildman–Crippen LogP) is 6.92. The Bertz CT molecular complexity index is 1080. The molecule has 0 amide bonds. The third-order valence-electron chi connectivity index (χ3n) is 3.47. The molecule has 0 aliphatic carbocycles. The molecule has 0 saturated heterocycles. The van der Waals surface area contributed by atoms with Gasteiger partial charge in [-0.15, -0.1) is 0 Å². The van der Waals surface area contributed by atoms with E-state index in [0.717, 1.165) is 6.08 Å². The van der Waals surface area contributed by atoms with Crippen molar-refractivity contribution in [2.45, 2.75) is 0 Å². The average molecular weight is 434 g/mol. The molecule has 0 aliphatic rings. The molecule has 0 saturated carbocycles. The predicted molar refractivity (Wildman–Crippen MR) is 78.9 cm³/mol. The fourth-order valence-electron chi connectivity index (χ4n) is 2.28. The van der Waals surface area contributed by atoms with Crippen LogP contribution in [0.3, 0.4) is 0 Å². The molecule has 156 valence electrons. The largest absolute Gasteiger partial charge is 0.486 e. The van der Waals surface area contributed by atoms with E-state index in [9.17, 15) is 48.3 Å². The first-order valence-corrected chi connectivity index (χ1v) is 7.14. The number of fused-ring (bicyclic) bond motifs is 1. The van der Waals surface area contributed by atoms with E-state index >= 15 is 0 Å². The normalized spacial score (nSPS) is 12.1. The molecule has 1 nitrogen and oxygen atoms in total. The van der Waals surface area contributed by atoms with Crippen LogP contribution in [0.1, 0.15) is 5.56 Å². The van der Waals surface area contributed by atoms with Gasteiger partial charge in [-0.05, 0) is 0 Å². The minimum Gasteiger partial charge on any atom is -0.486 e. The Hall–Kier alpha value is -3.05. The lowest BCUT2D eigenvalue weighted by molar-refractivity contribution is 0.334. The first-order chi connectivity index (χ1) is 13.5. The number of hydrogen-bond acceptors (Lipinski definition) is 1. The molecule has 0 fully saturated rings. The molecule has 12 heteroatoms. The van der Waals surface area contributed by atoms with Gasteiger partial charge in [0.1, 0.15) is 6.61 Å². The molecule has 2 aromatic rings. The van der Waals surface area contributed by atoms with Crippen LogP contribution in [0.25, 0.3) is 16.6 Å². The summed E-state index contributed by atoms with van der Waals surface area (Å²) in [7, 11) is 0. The summed E-state index contributed by atoms with van der Waals surface area (Å²) in [5, 5.41) is -3.69. The van der Waals surface area contributed by atoms with E-state index < -0.39 is 87.2 Å². The Morgan fingerprint density at radius 3 is 1.69 bits per heavy atom. The minimum absolute atomic E-state index is 0.720. The highest BCUT2D eigenvalue weighted by atomic mass is 19.3. The van der Waals surface area contributed by atoms with Crippen LogP contribution in [0, 0.1) is 34.9 Å². The Balaban J connectivity index is 3.18. The van der Waals surface area contributed by atoms with Gasteiger partial charge >= 0.3 is 6.08 Å². The molecular weight excluding hydrogens is 429 g/mol. The van der Waals surface area contributed by atoms with Crippen molar-refractivity contribution >= 4 is 16.6 Å². The van der Waals surface area contributed by atoms with Crippen molar-refractivity contribution < 1.29 is 53.0 Å². The lowest BCUT2D eigenvalue weighted by atomic mass is 9.99. The average Bonchev–Trinajstić information content (AvgIpc) is 2.69. The number of hydrogen-bond donors (Lipinski definition) is 0. The highest BCUT2D eigenvalue weighted by molar-refractivity contribution is 5.98. The number of allylic oxidation sites excluding steroid dienone is 2. The summed E-state index contributed by atoms with van der Waals surface area (Å²) >= 11 is 0. The van der Waals surface area contributed by atoms with Crippen molar-refractivity contribution in [1.29, 1.82) is 0 Å². The number of ether oxygens (including phenoxy) is 1. The van der Waals surface area contributed by atoms with Crippen LogP contribution in [-0.2, 0) is 0 Å². The monoisotopic (exact) mass is 434 g/mol. The molecule has 0 aliphatic heterocycles. The molecule has 0 N–H and O–H groups in total. The second-order valence-electron chi connectivity index (χ2n) is 5.14. The fourth-order valence-corrected chi connectivity index (χ4v) is 2.28. The minimum atomic E-state index is -3.43. The summed E-state index contributed by atoms with van der Waals surface area (Å²) < 4.78 is 153. The highest BCUT2D eigenvalue weighted by Crippen LogP contribution is 2.44. The first kappa shape index (κ1) is 22.2. The Kier molecular flexibility index (Phi) is 6.24. The van der Waals surface area contributed by atoms with Gasteiger partial charge in [-0.3, -0.25) is 0 Å². The fraction of sp³-hybridized carbons (Fsp3) is 0.0588. The van der Waals surface area contributed by atoms with Gasteiger partial charge in [0.05, 0.1) is 10.9 Å². The lowest BCUT2D eigenvalue weighted by Gasteiger charge is -2.16. The second kappa shape index (κ2) is 8.13. The number of benzene rings is 2. The number of halogens is 11. The van der Waals surface area contributed by atoms with Gasteiger partial charge in [0, 0.05) is 5.39 Å². The molecule has 0 bridgehead atoms. The molecule has 2 rings (SSSR count). The molecule has 0 unspecified atom stereocenters. The third-order valence-corrected chi connectivity index (χ3v) is 3.47. The molecule has 29 heavy (non-hydrogen) atoms. The van der Waals surface area contributed by atoms with Crippen molar-refractivity contribution in [3.8, 4) is 5.75 Å². The van der Waals surface area contributed by atoms with Crippen LogP contribution in [-0.4, -0.2) is 6.61 Å². The quantitative estimate of drug-likeness (QED) is 0.163. The van der Waals surface area contributed by atoms with Crippen molar-refractivity contribution in [2.75, 3.05) is 6.61 Å². The smallest absolute Gasteiger partial charge is 0.308 e. The van der Waals surface area contributed by atoms with Crippen LogP contribution >= 0.6 is 0 Å². The maximum absolute atomic E-state index is 14.3. The summed E-state index contributed by atoms with van der Waals surface area (Å²) in [4.78, 5) is 0. The van der Waals surface area contributed by atoms with Gasteiger partial charge in [-0.1, -0.05) is 12.7 Å². The van der Waals surface area contributed by atoms with Crippen molar-refractivity contribution in [2.24, 2.45) is 0 Å². The molecule has 0 aromatic heterocycles. The van der Waals surface area contributed by atoms with Crippen LogP contribution in [0.15, 0.2) is 30.4 Å². The topological polar surface area (TPSA) is 9.23 Å². The summed E-state index contributed by atoms with van der Waals surface area (Å²) in [6.45, 7) is 2.39. The first-order valence-electron chi connectivity index (χ1n) is 7.14. The van der Waals surface area contributed by atoms with Crippen molar-refractivity contribution in [3.05, 3.63) is 70.9 Å². The van der Waals surface area contributed by atoms with Crippen molar-refractivity contribution in [3.63, 3.8) is 0 Å². The van der Waals surface area contributed by atoms with Crippen molar-refractivity contribution in [1.82, 2.24) is 0 Å². The standard InChI is InChI=1S/C17H5F11O/c1-2-3-29-16-6-4(7(18)11(22)12(23)10(6)21)5(9(20)14(16)25)8(19)13(24)15(26)17(27)28/h2H,1,3H2. The van der Waals surface area contributed by atoms with Gasteiger partial charge in [0.15, 0.2) is 40.7 Å². The highest BCUT2D eigenvalue weighted by Gasteiger charge is 2.34. The Morgan fingerprint density at radius 1 is 0.690 bits per heavy atom. The van der Waals surface area contributed by atoms with Gasteiger partial charge in [-0.2, -0.15) is 17.6 Å². The Morgan fingerprint density at radius 2 is 1.21 bits per heavy atom. The van der Waals surface area contributed by atoms with E-state index in [1.807, 2.05) is 0 Å². The molecule has 0 radical (unpaired) electrons.